The Morgan fingerprint density at radius 2 is 1.67 bits per heavy atom. The molecular formula is C28H32N4O6S. The first-order valence-electron chi connectivity index (χ1n) is 12.5. The van der Waals surface area contributed by atoms with Crippen molar-refractivity contribution < 1.29 is 22.9 Å². The van der Waals surface area contributed by atoms with Crippen LogP contribution in [0.2, 0.25) is 0 Å². The van der Waals surface area contributed by atoms with Crippen molar-refractivity contribution in [1.29, 1.82) is 0 Å². The second kappa shape index (κ2) is 13.0. The lowest BCUT2D eigenvalue weighted by atomic mass is 10.1. The molecule has 0 spiro atoms. The summed E-state index contributed by atoms with van der Waals surface area (Å²) in [5.74, 6) is -0.977. The molecule has 0 fully saturated rings. The molecule has 3 rings (SSSR count). The Morgan fingerprint density at radius 1 is 0.974 bits per heavy atom. The molecule has 1 atom stereocenters. The number of amides is 2. The van der Waals surface area contributed by atoms with Crippen LogP contribution < -0.4 is 9.62 Å². The average molecular weight is 553 g/mol. The number of likely N-dealkylation sites (N-methyl/N-ethyl adjacent to an activating group) is 1. The molecule has 0 aliphatic heterocycles. The van der Waals surface area contributed by atoms with Crippen LogP contribution in [-0.4, -0.2) is 49.2 Å². The molecule has 0 heterocycles. The van der Waals surface area contributed by atoms with Gasteiger partial charge in [0.25, 0.3) is 15.7 Å². The van der Waals surface area contributed by atoms with E-state index >= 15 is 0 Å². The molecule has 11 heteroatoms. The molecule has 0 saturated heterocycles. The zero-order chi connectivity index (χ0) is 28.6. The van der Waals surface area contributed by atoms with Gasteiger partial charge in [-0.2, -0.15) is 0 Å². The van der Waals surface area contributed by atoms with Gasteiger partial charge in [0.15, 0.2) is 0 Å². The van der Waals surface area contributed by atoms with E-state index in [1.807, 2.05) is 31.2 Å². The van der Waals surface area contributed by atoms with Crippen LogP contribution in [0.4, 0.5) is 11.4 Å². The molecule has 0 unspecified atom stereocenters. The van der Waals surface area contributed by atoms with E-state index in [4.69, 9.17) is 0 Å². The Labute approximate surface area is 228 Å². The highest BCUT2D eigenvalue weighted by Crippen LogP contribution is 2.27. The van der Waals surface area contributed by atoms with Gasteiger partial charge in [-0.1, -0.05) is 61.0 Å². The molecule has 2 amide bonds. The summed E-state index contributed by atoms with van der Waals surface area (Å²) in [7, 11) is -4.30. The Hall–Kier alpha value is -4.25. The van der Waals surface area contributed by atoms with E-state index in [0.717, 1.165) is 21.5 Å². The van der Waals surface area contributed by atoms with Gasteiger partial charge in [0.2, 0.25) is 11.8 Å². The molecule has 39 heavy (non-hydrogen) atoms. The number of rotatable bonds is 12. The average Bonchev–Trinajstić information content (AvgIpc) is 2.92. The SMILES string of the molecule is CCNC(=O)[C@@H](CC)N(Cc1cccc(C)c1)C(=O)CN(c1cccc([N+](=O)[O-])c1)S(=O)(=O)c1ccccc1. The van der Waals surface area contributed by atoms with Crippen LogP contribution in [0.25, 0.3) is 0 Å². The number of nitro benzene ring substituents is 1. The highest BCUT2D eigenvalue weighted by atomic mass is 32.2. The van der Waals surface area contributed by atoms with Crippen LogP contribution in [-0.2, 0) is 26.2 Å². The van der Waals surface area contributed by atoms with E-state index in [0.29, 0.717) is 13.0 Å². The Morgan fingerprint density at radius 3 is 2.28 bits per heavy atom. The molecule has 0 radical (unpaired) electrons. The molecule has 0 saturated carbocycles. The van der Waals surface area contributed by atoms with E-state index in [-0.39, 0.29) is 28.7 Å². The second-order valence-electron chi connectivity index (χ2n) is 8.93. The molecule has 10 nitrogen and oxygen atoms in total. The lowest BCUT2D eigenvalue weighted by molar-refractivity contribution is -0.384. The molecule has 1 N–H and O–H groups in total. The van der Waals surface area contributed by atoms with Gasteiger partial charge in [-0.3, -0.25) is 24.0 Å². The minimum atomic E-state index is -4.30. The molecule has 0 aliphatic carbocycles. The van der Waals surface area contributed by atoms with Gasteiger partial charge in [-0.25, -0.2) is 8.42 Å². The van der Waals surface area contributed by atoms with Gasteiger partial charge in [0.05, 0.1) is 15.5 Å². The molecule has 0 bridgehead atoms. The van der Waals surface area contributed by atoms with Crippen molar-refractivity contribution in [3.05, 3.63) is 100 Å². The van der Waals surface area contributed by atoms with Gasteiger partial charge < -0.3 is 10.2 Å². The van der Waals surface area contributed by atoms with E-state index < -0.39 is 33.4 Å². The van der Waals surface area contributed by atoms with E-state index in [2.05, 4.69) is 5.32 Å². The fourth-order valence-corrected chi connectivity index (χ4v) is 5.66. The number of non-ortho nitro benzene ring substituents is 1. The molecule has 0 aromatic heterocycles. The summed E-state index contributed by atoms with van der Waals surface area (Å²) in [6.45, 7) is 5.23. The standard InChI is InChI=1S/C28H32N4O6S/c1-4-26(28(34)29-5-2)30(19-22-12-9-11-21(3)17-22)27(33)20-31(23-13-10-14-24(18-23)32(35)36)39(37,38)25-15-7-6-8-16-25/h6-18,26H,4-5,19-20H2,1-3H3,(H,29,34)/t26-/m1/s1. The number of aryl methyl sites for hydroxylation is 1. The summed E-state index contributed by atoms with van der Waals surface area (Å²) in [4.78, 5) is 39.0. The van der Waals surface area contributed by atoms with E-state index in [1.165, 1.54) is 35.2 Å². The first kappa shape index (κ1) is 29.3. The molecule has 3 aromatic rings. The van der Waals surface area contributed by atoms with Crippen LogP contribution in [0.15, 0.2) is 83.8 Å². The highest BCUT2D eigenvalue weighted by Gasteiger charge is 2.34. The normalized spacial score (nSPS) is 11.9. The third-order valence-corrected chi connectivity index (χ3v) is 7.90. The highest BCUT2D eigenvalue weighted by molar-refractivity contribution is 7.92. The summed E-state index contributed by atoms with van der Waals surface area (Å²) in [5, 5.41) is 14.2. The minimum absolute atomic E-state index is 0.0389. The van der Waals surface area contributed by atoms with Crippen molar-refractivity contribution in [2.24, 2.45) is 0 Å². The van der Waals surface area contributed by atoms with Gasteiger partial charge in [0.1, 0.15) is 12.6 Å². The fraction of sp³-hybridized carbons (Fsp3) is 0.286. The van der Waals surface area contributed by atoms with Crippen molar-refractivity contribution in [2.45, 2.75) is 44.7 Å². The second-order valence-corrected chi connectivity index (χ2v) is 10.8. The summed E-state index contributed by atoms with van der Waals surface area (Å²) >= 11 is 0. The fourth-order valence-electron chi connectivity index (χ4n) is 4.23. The summed E-state index contributed by atoms with van der Waals surface area (Å²) in [6.07, 6.45) is 0.297. The van der Waals surface area contributed by atoms with Crippen LogP contribution in [0.5, 0.6) is 0 Å². The van der Waals surface area contributed by atoms with Crippen LogP contribution >= 0.6 is 0 Å². The first-order valence-corrected chi connectivity index (χ1v) is 14.0. The van der Waals surface area contributed by atoms with Crippen LogP contribution in [0, 0.1) is 17.0 Å². The van der Waals surface area contributed by atoms with Crippen LogP contribution in [0.3, 0.4) is 0 Å². The number of nitro groups is 1. The number of carbonyl (C=O) groups excluding carboxylic acids is 2. The summed E-state index contributed by atoms with van der Waals surface area (Å²) in [6, 6.07) is 19.3. The van der Waals surface area contributed by atoms with Crippen molar-refractivity contribution in [3.63, 3.8) is 0 Å². The Bertz CT molecular complexity index is 1430. The lowest BCUT2D eigenvalue weighted by Gasteiger charge is -2.33. The molecular weight excluding hydrogens is 520 g/mol. The van der Waals surface area contributed by atoms with Gasteiger partial charge in [-0.05, 0) is 44.0 Å². The summed E-state index contributed by atoms with van der Waals surface area (Å²) in [5.41, 5.74) is 1.39. The Kier molecular flexibility index (Phi) is 9.78. The third-order valence-electron chi connectivity index (χ3n) is 6.11. The smallest absolute Gasteiger partial charge is 0.271 e. The van der Waals surface area contributed by atoms with Crippen molar-refractivity contribution in [1.82, 2.24) is 10.2 Å². The quantitative estimate of drug-likeness (QED) is 0.267. The molecule has 0 aliphatic rings. The largest absolute Gasteiger partial charge is 0.355 e. The van der Waals surface area contributed by atoms with Crippen molar-refractivity contribution >= 4 is 33.2 Å². The zero-order valence-corrected chi connectivity index (χ0v) is 22.9. The van der Waals surface area contributed by atoms with E-state index in [1.54, 1.807) is 32.0 Å². The number of nitrogens with one attached hydrogen (secondary N) is 1. The van der Waals surface area contributed by atoms with E-state index in [9.17, 15) is 28.1 Å². The lowest BCUT2D eigenvalue weighted by Crippen LogP contribution is -2.52. The molecule has 206 valence electrons. The number of anilines is 1. The number of hydrogen-bond acceptors (Lipinski definition) is 6. The zero-order valence-electron chi connectivity index (χ0n) is 22.1. The number of carbonyl (C=O) groups is 2. The number of benzene rings is 3. The number of nitrogens with zero attached hydrogens (tertiary/aromatic N) is 3. The van der Waals surface area contributed by atoms with Gasteiger partial charge in [0, 0.05) is 25.2 Å². The van der Waals surface area contributed by atoms with Crippen LogP contribution in [0.1, 0.15) is 31.4 Å². The third kappa shape index (κ3) is 7.20. The maximum absolute atomic E-state index is 13.9. The topological polar surface area (TPSA) is 130 Å². The first-order chi connectivity index (χ1) is 18.6. The van der Waals surface area contributed by atoms with Crippen molar-refractivity contribution in [2.75, 3.05) is 17.4 Å². The molecule has 3 aromatic carbocycles. The monoisotopic (exact) mass is 552 g/mol. The Balaban J connectivity index is 2.09. The minimum Gasteiger partial charge on any atom is -0.355 e. The van der Waals surface area contributed by atoms with Crippen molar-refractivity contribution in [3.8, 4) is 0 Å². The predicted octanol–water partition coefficient (Wildman–Crippen LogP) is 4.04. The summed E-state index contributed by atoms with van der Waals surface area (Å²) < 4.78 is 28.4. The predicted molar refractivity (Wildman–Crippen MR) is 149 cm³/mol. The number of hydrogen-bond donors (Lipinski definition) is 1. The maximum Gasteiger partial charge on any atom is 0.271 e. The number of sulfonamides is 1. The maximum atomic E-state index is 13.9. The van der Waals surface area contributed by atoms with Gasteiger partial charge in [-0.15, -0.1) is 0 Å². The van der Waals surface area contributed by atoms with Gasteiger partial charge >= 0.3 is 0 Å².